The van der Waals surface area contributed by atoms with Gasteiger partial charge in [-0.05, 0) is 29.8 Å². The molecular formula is C16H14N2O3. The van der Waals surface area contributed by atoms with Crippen molar-refractivity contribution in [1.29, 1.82) is 0 Å². The number of fused-ring (bicyclic) bond motifs is 1. The Labute approximate surface area is 121 Å². The molecule has 0 saturated heterocycles. The topological polar surface area (TPSA) is 67.4 Å². The van der Waals surface area contributed by atoms with E-state index in [9.17, 15) is 9.59 Å². The lowest BCUT2D eigenvalue weighted by atomic mass is 10.0. The highest BCUT2D eigenvalue weighted by Crippen LogP contribution is 2.26. The van der Waals surface area contributed by atoms with Crippen LogP contribution in [0.1, 0.15) is 32.4 Å². The van der Waals surface area contributed by atoms with Gasteiger partial charge in [-0.2, -0.15) is 0 Å². The van der Waals surface area contributed by atoms with E-state index in [-0.39, 0.29) is 18.0 Å². The SMILES string of the molecule is COC(=O)c1ccc(C2NC(=O)c3ccccc3N2)cc1. The lowest BCUT2D eigenvalue weighted by Gasteiger charge is -2.28. The molecule has 2 aromatic rings. The van der Waals surface area contributed by atoms with Gasteiger partial charge in [-0.15, -0.1) is 0 Å². The van der Waals surface area contributed by atoms with Gasteiger partial charge < -0.3 is 15.4 Å². The average molecular weight is 282 g/mol. The lowest BCUT2D eigenvalue weighted by Crippen LogP contribution is -2.38. The molecule has 2 N–H and O–H groups in total. The summed E-state index contributed by atoms with van der Waals surface area (Å²) in [6.07, 6.45) is -0.320. The molecule has 5 nitrogen and oxygen atoms in total. The molecule has 1 heterocycles. The highest BCUT2D eigenvalue weighted by Gasteiger charge is 2.24. The predicted octanol–water partition coefficient (Wildman–Crippen LogP) is 2.33. The molecule has 0 spiro atoms. The first kappa shape index (κ1) is 13.2. The highest BCUT2D eigenvalue weighted by atomic mass is 16.5. The van der Waals surface area contributed by atoms with E-state index in [1.54, 1.807) is 30.3 Å². The number of ether oxygens (including phenoxy) is 1. The number of rotatable bonds is 2. The molecule has 1 amide bonds. The zero-order chi connectivity index (χ0) is 14.8. The monoisotopic (exact) mass is 282 g/mol. The first-order valence-electron chi connectivity index (χ1n) is 6.54. The second-order valence-corrected chi connectivity index (χ2v) is 4.71. The molecule has 5 heteroatoms. The Morgan fingerprint density at radius 1 is 1.05 bits per heavy atom. The lowest BCUT2D eigenvalue weighted by molar-refractivity contribution is 0.0600. The Bertz CT molecular complexity index is 695. The third kappa shape index (κ3) is 2.45. The fourth-order valence-corrected chi connectivity index (χ4v) is 2.30. The maximum absolute atomic E-state index is 12.1. The quantitative estimate of drug-likeness (QED) is 0.830. The van der Waals surface area contributed by atoms with Crippen LogP contribution in [-0.4, -0.2) is 19.0 Å². The first-order valence-corrected chi connectivity index (χ1v) is 6.54. The summed E-state index contributed by atoms with van der Waals surface area (Å²) >= 11 is 0. The summed E-state index contributed by atoms with van der Waals surface area (Å²) in [5.41, 5.74) is 2.76. The molecule has 1 aliphatic rings. The molecule has 0 aliphatic carbocycles. The van der Waals surface area contributed by atoms with E-state index in [0.717, 1.165) is 11.3 Å². The van der Waals surface area contributed by atoms with Gasteiger partial charge in [-0.1, -0.05) is 24.3 Å². The van der Waals surface area contributed by atoms with Crippen LogP contribution < -0.4 is 10.6 Å². The minimum atomic E-state index is -0.382. The van der Waals surface area contributed by atoms with Crippen molar-refractivity contribution in [1.82, 2.24) is 5.32 Å². The maximum atomic E-state index is 12.1. The molecule has 0 fully saturated rings. The zero-order valence-electron chi connectivity index (χ0n) is 11.4. The number of amides is 1. The number of anilines is 1. The standard InChI is InChI=1S/C16H14N2O3/c1-21-16(20)11-8-6-10(7-9-11)14-17-13-5-3-2-4-12(13)15(19)18-14/h2-9,14,17H,1H3,(H,18,19). The number of para-hydroxylation sites is 1. The molecule has 1 aliphatic heterocycles. The molecule has 3 rings (SSSR count). The molecule has 1 atom stereocenters. The Kier molecular flexibility index (Phi) is 3.31. The van der Waals surface area contributed by atoms with Crippen molar-refractivity contribution in [2.45, 2.75) is 6.17 Å². The number of hydrogen-bond acceptors (Lipinski definition) is 4. The van der Waals surface area contributed by atoms with Crippen molar-refractivity contribution in [3.63, 3.8) is 0 Å². The van der Waals surface area contributed by atoms with E-state index in [0.29, 0.717) is 11.1 Å². The fraction of sp³-hybridized carbons (Fsp3) is 0.125. The normalized spacial score (nSPS) is 16.4. The average Bonchev–Trinajstić information content (AvgIpc) is 2.54. The summed E-state index contributed by atoms with van der Waals surface area (Å²) in [5.74, 6) is -0.501. The largest absolute Gasteiger partial charge is 0.465 e. The number of methoxy groups -OCH3 is 1. The predicted molar refractivity (Wildman–Crippen MR) is 78.1 cm³/mol. The maximum Gasteiger partial charge on any atom is 0.337 e. The minimum Gasteiger partial charge on any atom is -0.465 e. The third-order valence-electron chi connectivity index (χ3n) is 3.41. The van der Waals surface area contributed by atoms with Crippen LogP contribution in [0.4, 0.5) is 5.69 Å². The van der Waals surface area contributed by atoms with Crippen molar-refractivity contribution >= 4 is 17.6 Å². The molecular weight excluding hydrogens is 268 g/mol. The molecule has 106 valence electrons. The Balaban J connectivity index is 1.86. The van der Waals surface area contributed by atoms with Crippen LogP contribution in [-0.2, 0) is 4.74 Å². The summed E-state index contributed by atoms with van der Waals surface area (Å²) in [5, 5.41) is 6.14. The van der Waals surface area contributed by atoms with Crippen LogP contribution in [0.15, 0.2) is 48.5 Å². The molecule has 0 radical (unpaired) electrons. The van der Waals surface area contributed by atoms with Gasteiger partial charge in [-0.3, -0.25) is 4.79 Å². The van der Waals surface area contributed by atoms with E-state index < -0.39 is 0 Å². The van der Waals surface area contributed by atoms with Crippen molar-refractivity contribution < 1.29 is 14.3 Å². The summed E-state index contributed by atoms with van der Waals surface area (Å²) in [6.45, 7) is 0. The van der Waals surface area contributed by atoms with Gasteiger partial charge >= 0.3 is 5.97 Å². The number of nitrogens with one attached hydrogen (secondary N) is 2. The Hall–Kier alpha value is -2.82. The van der Waals surface area contributed by atoms with Gasteiger partial charge in [0.05, 0.1) is 18.2 Å². The molecule has 0 bridgehead atoms. The zero-order valence-corrected chi connectivity index (χ0v) is 11.4. The summed E-state index contributed by atoms with van der Waals surface area (Å²) in [4.78, 5) is 23.5. The van der Waals surface area contributed by atoms with E-state index >= 15 is 0 Å². The number of hydrogen-bond donors (Lipinski definition) is 2. The second kappa shape index (κ2) is 5.28. The molecule has 2 aromatic carbocycles. The van der Waals surface area contributed by atoms with Crippen LogP contribution in [0.25, 0.3) is 0 Å². The van der Waals surface area contributed by atoms with Gasteiger partial charge in [0.15, 0.2) is 0 Å². The molecule has 1 unspecified atom stereocenters. The van der Waals surface area contributed by atoms with Crippen molar-refractivity contribution in [2.75, 3.05) is 12.4 Å². The number of benzene rings is 2. The summed E-state index contributed by atoms with van der Waals surface area (Å²) in [7, 11) is 1.34. The third-order valence-corrected chi connectivity index (χ3v) is 3.41. The van der Waals surface area contributed by atoms with Gasteiger partial charge in [0, 0.05) is 5.69 Å². The number of esters is 1. The number of carbonyl (C=O) groups excluding carboxylic acids is 2. The van der Waals surface area contributed by atoms with Crippen LogP contribution in [0.2, 0.25) is 0 Å². The smallest absolute Gasteiger partial charge is 0.337 e. The highest BCUT2D eigenvalue weighted by molar-refractivity contribution is 6.01. The van der Waals surface area contributed by atoms with Crippen molar-refractivity contribution in [2.24, 2.45) is 0 Å². The summed E-state index contributed by atoms with van der Waals surface area (Å²) < 4.78 is 4.66. The van der Waals surface area contributed by atoms with E-state index in [1.165, 1.54) is 7.11 Å². The van der Waals surface area contributed by atoms with Gasteiger partial charge in [0.25, 0.3) is 5.91 Å². The minimum absolute atomic E-state index is 0.119. The van der Waals surface area contributed by atoms with E-state index in [1.807, 2.05) is 18.2 Å². The van der Waals surface area contributed by atoms with Crippen LogP contribution >= 0.6 is 0 Å². The van der Waals surface area contributed by atoms with Gasteiger partial charge in [-0.25, -0.2) is 4.79 Å². The number of carbonyl (C=O) groups is 2. The van der Waals surface area contributed by atoms with Gasteiger partial charge in [0.2, 0.25) is 0 Å². The molecule has 21 heavy (non-hydrogen) atoms. The summed E-state index contributed by atoms with van der Waals surface area (Å²) in [6, 6.07) is 14.3. The first-order chi connectivity index (χ1) is 10.2. The fourth-order valence-electron chi connectivity index (χ4n) is 2.30. The van der Waals surface area contributed by atoms with Crippen molar-refractivity contribution in [3.8, 4) is 0 Å². The molecule has 0 aromatic heterocycles. The van der Waals surface area contributed by atoms with E-state index in [2.05, 4.69) is 15.4 Å². The second-order valence-electron chi connectivity index (χ2n) is 4.71. The Morgan fingerprint density at radius 2 is 1.76 bits per heavy atom. The van der Waals surface area contributed by atoms with Gasteiger partial charge in [0.1, 0.15) is 6.17 Å². The van der Waals surface area contributed by atoms with Crippen LogP contribution in [0, 0.1) is 0 Å². The van der Waals surface area contributed by atoms with E-state index in [4.69, 9.17) is 0 Å². The Morgan fingerprint density at radius 3 is 2.48 bits per heavy atom. The van der Waals surface area contributed by atoms with Crippen molar-refractivity contribution in [3.05, 3.63) is 65.2 Å². The van der Waals surface area contributed by atoms with Crippen LogP contribution in [0.3, 0.4) is 0 Å². The molecule has 0 saturated carbocycles. The van der Waals surface area contributed by atoms with Crippen LogP contribution in [0.5, 0.6) is 0 Å².